The van der Waals surface area contributed by atoms with Crippen LogP contribution in [0.5, 0.6) is 0 Å². The molecule has 3 heterocycles. The molecule has 0 aliphatic carbocycles. The number of imidazole rings is 1. The first-order chi connectivity index (χ1) is 9.91. The van der Waals surface area contributed by atoms with E-state index in [2.05, 4.69) is 9.88 Å². The number of rotatable bonds is 2. The Hall–Kier alpha value is -1.15. The van der Waals surface area contributed by atoms with Crippen LogP contribution in [0.2, 0.25) is 5.15 Å². The third-order valence-electron chi connectivity index (χ3n) is 3.95. The summed E-state index contributed by atoms with van der Waals surface area (Å²) >= 11 is 6.09. The van der Waals surface area contributed by atoms with Crippen molar-refractivity contribution in [1.29, 1.82) is 0 Å². The molecule has 0 amide bonds. The maximum absolute atomic E-state index is 12.9. The van der Waals surface area contributed by atoms with Crippen molar-refractivity contribution in [2.45, 2.75) is 18.0 Å². The Kier molecular flexibility index (Phi) is 3.69. The second-order valence-electron chi connectivity index (χ2n) is 5.33. The van der Waals surface area contributed by atoms with E-state index in [-0.39, 0.29) is 16.2 Å². The Morgan fingerprint density at radius 2 is 2.10 bits per heavy atom. The van der Waals surface area contributed by atoms with Crippen LogP contribution in [-0.4, -0.2) is 59.7 Å². The Morgan fingerprint density at radius 1 is 1.33 bits per heavy atom. The van der Waals surface area contributed by atoms with Gasteiger partial charge < -0.3 is 4.90 Å². The molecular formula is C13H17ClN4O2S. The number of aromatic nitrogens is 2. The second-order valence-corrected chi connectivity index (χ2v) is 7.54. The molecule has 0 N–H and O–H groups in total. The van der Waals surface area contributed by atoms with E-state index in [0.29, 0.717) is 25.3 Å². The lowest BCUT2D eigenvalue weighted by Gasteiger charge is -2.36. The fourth-order valence-electron chi connectivity index (χ4n) is 2.53. The summed E-state index contributed by atoms with van der Waals surface area (Å²) in [5, 5.41) is 0.0734. The lowest BCUT2D eigenvalue weighted by atomic mass is 10.2. The molecule has 1 saturated heterocycles. The number of hydrogen-bond donors (Lipinski definition) is 0. The van der Waals surface area contributed by atoms with Gasteiger partial charge in [0.15, 0.2) is 10.2 Å². The van der Waals surface area contributed by atoms with Gasteiger partial charge in [-0.1, -0.05) is 17.7 Å². The first-order valence-corrected chi connectivity index (χ1v) is 8.56. The summed E-state index contributed by atoms with van der Waals surface area (Å²) in [4.78, 5) is 6.26. The van der Waals surface area contributed by atoms with Crippen molar-refractivity contribution < 1.29 is 8.42 Å². The number of hydrogen-bond acceptors (Lipinski definition) is 4. The number of piperazine rings is 1. The molecule has 1 fully saturated rings. The molecule has 1 aliphatic heterocycles. The zero-order valence-electron chi connectivity index (χ0n) is 11.9. The molecule has 2 aromatic rings. The monoisotopic (exact) mass is 328 g/mol. The zero-order valence-corrected chi connectivity index (χ0v) is 13.5. The zero-order chi connectivity index (χ0) is 15.2. The van der Waals surface area contributed by atoms with Gasteiger partial charge >= 0.3 is 0 Å². The molecule has 0 saturated carbocycles. The number of halogens is 1. The van der Waals surface area contributed by atoms with Gasteiger partial charge in [-0.3, -0.25) is 4.40 Å². The molecule has 21 heavy (non-hydrogen) atoms. The summed E-state index contributed by atoms with van der Waals surface area (Å²) in [5.74, 6) is 0. The molecule has 0 bridgehead atoms. The van der Waals surface area contributed by atoms with Gasteiger partial charge in [-0.2, -0.15) is 4.31 Å². The normalized spacial score (nSPS) is 22.0. The maximum Gasteiger partial charge on any atom is 0.262 e. The van der Waals surface area contributed by atoms with Gasteiger partial charge in [0.25, 0.3) is 10.0 Å². The van der Waals surface area contributed by atoms with Crippen molar-refractivity contribution in [2.75, 3.05) is 26.7 Å². The number of fused-ring (bicyclic) bond motifs is 1. The lowest BCUT2D eigenvalue weighted by molar-refractivity contribution is 0.159. The highest BCUT2D eigenvalue weighted by atomic mass is 35.5. The summed E-state index contributed by atoms with van der Waals surface area (Å²) in [6, 6.07) is 5.47. The summed E-state index contributed by atoms with van der Waals surface area (Å²) < 4.78 is 28.8. The van der Waals surface area contributed by atoms with E-state index in [1.165, 1.54) is 8.71 Å². The molecular weight excluding hydrogens is 312 g/mol. The lowest BCUT2D eigenvalue weighted by Crippen LogP contribution is -2.52. The fraction of sp³-hybridized carbons (Fsp3) is 0.462. The number of likely N-dealkylation sites (N-methyl/N-ethyl adjacent to an activating group) is 1. The van der Waals surface area contributed by atoms with E-state index < -0.39 is 10.0 Å². The van der Waals surface area contributed by atoms with Crippen LogP contribution in [-0.2, 0) is 10.0 Å². The van der Waals surface area contributed by atoms with Crippen LogP contribution in [0.3, 0.4) is 0 Å². The molecule has 2 aromatic heterocycles. The van der Waals surface area contributed by atoms with Gasteiger partial charge in [-0.05, 0) is 26.1 Å². The van der Waals surface area contributed by atoms with Crippen LogP contribution in [0, 0.1) is 0 Å². The van der Waals surface area contributed by atoms with Crippen molar-refractivity contribution in [2.24, 2.45) is 0 Å². The molecule has 0 radical (unpaired) electrons. The van der Waals surface area contributed by atoms with E-state index in [4.69, 9.17) is 11.6 Å². The highest BCUT2D eigenvalue weighted by Gasteiger charge is 2.34. The predicted octanol–water partition coefficient (Wildman–Crippen LogP) is 1.31. The Morgan fingerprint density at radius 3 is 2.81 bits per heavy atom. The molecule has 0 spiro atoms. The standard InChI is InChI=1S/C13H17ClN4O2S/c1-10-9-17(8-7-16(10)2)21(19,20)13-12(14)15-11-5-3-4-6-18(11)13/h3-6,10H,7-9H2,1-2H3. The minimum Gasteiger partial charge on any atom is -0.301 e. The summed E-state index contributed by atoms with van der Waals surface area (Å²) in [7, 11) is -1.66. The largest absolute Gasteiger partial charge is 0.301 e. The molecule has 1 atom stereocenters. The van der Waals surface area contributed by atoms with E-state index in [0.717, 1.165) is 0 Å². The van der Waals surface area contributed by atoms with Crippen molar-refractivity contribution in [3.8, 4) is 0 Å². The first-order valence-electron chi connectivity index (χ1n) is 6.74. The minimum absolute atomic E-state index is 0.0211. The average Bonchev–Trinajstić information content (AvgIpc) is 2.78. The SMILES string of the molecule is CC1CN(S(=O)(=O)c2c(Cl)nc3ccccn23)CCN1C. The summed E-state index contributed by atoms with van der Waals surface area (Å²) in [6.45, 7) is 3.63. The van der Waals surface area contributed by atoms with E-state index in [9.17, 15) is 8.42 Å². The number of nitrogens with zero attached hydrogens (tertiary/aromatic N) is 4. The smallest absolute Gasteiger partial charge is 0.262 e. The Labute approximate surface area is 129 Å². The number of pyridine rings is 1. The highest BCUT2D eigenvalue weighted by Crippen LogP contribution is 2.27. The highest BCUT2D eigenvalue weighted by molar-refractivity contribution is 7.89. The molecule has 8 heteroatoms. The Balaban J connectivity index is 2.07. The molecule has 6 nitrogen and oxygen atoms in total. The van der Waals surface area contributed by atoms with E-state index >= 15 is 0 Å². The van der Waals surface area contributed by atoms with E-state index in [1.807, 2.05) is 14.0 Å². The maximum atomic E-state index is 12.9. The van der Waals surface area contributed by atoms with Gasteiger partial charge in [0.1, 0.15) is 5.65 Å². The predicted molar refractivity (Wildman–Crippen MR) is 81.1 cm³/mol. The van der Waals surface area contributed by atoms with Gasteiger partial charge in [0.05, 0.1) is 0 Å². The van der Waals surface area contributed by atoms with Crippen molar-refractivity contribution in [3.05, 3.63) is 29.5 Å². The average molecular weight is 329 g/mol. The molecule has 3 rings (SSSR count). The quantitative estimate of drug-likeness (QED) is 0.834. The van der Waals surface area contributed by atoms with Gasteiger partial charge in [0, 0.05) is 31.9 Å². The van der Waals surface area contributed by atoms with Crippen molar-refractivity contribution in [1.82, 2.24) is 18.6 Å². The van der Waals surface area contributed by atoms with Crippen LogP contribution in [0.1, 0.15) is 6.92 Å². The Bertz CT molecular complexity index is 774. The number of sulfonamides is 1. The summed E-state index contributed by atoms with van der Waals surface area (Å²) in [5.41, 5.74) is 0.531. The summed E-state index contributed by atoms with van der Waals surface area (Å²) in [6.07, 6.45) is 1.67. The fourth-order valence-corrected chi connectivity index (χ4v) is 4.64. The van der Waals surface area contributed by atoms with Gasteiger partial charge in [0.2, 0.25) is 0 Å². The van der Waals surface area contributed by atoms with E-state index in [1.54, 1.807) is 24.4 Å². The molecule has 1 unspecified atom stereocenters. The third-order valence-corrected chi connectivity index (χ3v) is 6.22. The van der Waals surface area contributed by atoms with Crippen LogP contribution in [0.15, 0.2) is 29.4 Å². The third kappa shape index (κ3) is 2.44. The van der Waals surface area contributed by atoms with Crippen molar-refractivity contribution in [3.63, 3.8) is 0 Å². The molecule has 1 aliphatic rings. The van der Waals surface area contributed by atoms with Crippen molar-refractivity contribution >= 4 is 27.3 Å². The molecule has 0 aromatic carbocycles. The first kappa shape index (κ1) is 14.8. The van der Waals surface area contributed by atoms with Gasteiger partial charge in [-0.15, -0.1) is 0 Å². The van der Waals surface area contributed by atoms with Crippen LogP contribution >= 0.6 is 11.6 Å². The molecule has 114 valence electrons. The van der Waals surface area contributed by atoms with Crippen LogP contribution in [0.4, 0.5) is 0 Å². The van der Waals surface area contributed by atoms with Crippen LogP contribution < -0.4 is 0 Å². The van der Waals surface area contributed by atoms with Gasteiger partial charge in [-0.25, -0.2) is 13.4 Å². The second kappa shape index (κ2) is 5.24. The minimum atomic E-state index is -3.66. The topological polar surface area (TPSA) is 57.9 Å². The van der Waals surface area contributed by atoms with Crippen LogP contribution in [0.25, 0.3) is 5.65 Å².